The van der Waals surface area contributed by atoms with Crippen molar-refractivity contribution < 1.29 is 18.7 Å². The minimum absolute atomic E-state index is 0.0364. The first-order chi connectivity index (χ1) is 15.6. The molecule has 1 saturated carbocycles. The molecule has 2 amide bonds. The molecule has 0 bridgehead atoms. The number of halogens is 1. The topological polar surface area (TPSA) is 53.1 Å². The Morgan fingerprint density at radius 1 is 1.09 bits per heavy atom. The Balaban J connectivity index is 1.73. The number of carbonyl (C=O) groups excluding carboxylic acids is 2. The zero-order valence-electron chi connectivity index (χ0n) is 20.7. The SMILES string of the molecule is CC(=O)N(CC1CCCCC1)CC(c1ccccc1F)N1CCN(C(=O)OC(C)(C)C)CC1. The highest BCUT2D eigenvalue weighted by Crippen LogP contribution is 2.29. The van der Waals surface area contributed by atoms with Crippen LogP contribution in [0.5, 0.6) is 0 Å². The number of amides is 2. The van der Waals surface area contributed by atoms with Gasteiger partial charge in [-0.1, -0.05) is 37.5 Å². The van der Waals surface area contributed by atoms with E-state index in [2.05, 4.69) is 4.90 Å². The Morgan fingerprint density at radius 2 is 1.73 bits per heavy atom. The van der Waals surface area contributed by atoms with Crippen LogP contribution in [0.25, 0.3) is 0 Å². The third kappa shape index (κ3) is 7.42. The van der Waals surface area contributed by atoms with Gasteiger partial charge in [0, 0.05) is 51.8 Å². The summed E-state index contributed by atoms with van der Waals surface area (Å²) in [6, 6.07) is 6.60. The maximum atomic E-state index is 14.9. The van der Waals surface area contributed by atoms with Gasteiger partial charge in [0.25, 0.3) is 0 Å². The number of rotatable bonds is 6. The third-order valence-corrected chi connectivity index (χ3v) is 6.71. The Hall–Kier alpha value is -2.15. The minimum atomic E-state index is -0.537. The summed E-state index contributed by atoms with van der Waals surface area (Å²) in [5.74, 6) is 0.306. The summed E-state index contributed by atoms with van der Waals surface area (Å²) in [5, 5.41) is 0. The number of carbonyl (C=O) groups is 2. The van der Waals surface area contributed by atoms with Crippen molar-refractivity contribution in [1.82, 2.24) is 14.7 Å². The highest BCUT2D eigenvalue weighted by atomic mass is 19.1. The van der Waals surface area contributed by atoms with E-state index in [1.54, 1.807) is 17.9 Å². The molecule has 3 rings (SSSR count). The fourth-order valence-electron chi connectivity index (χ4n) is 4.92. The monoisotopic (exact) mass is 461 g/mol. The van der Waals surface area contributed by atoms with Crippen LogP contribution in [0.15, 0.2) is 24.3 Å². The smallest absolute Gasteiger partial charge is 0.410 e. The molecule has 0 N–H and O–H groups in total. The second kappa shape index (κ2) is 11.3. The molecular formula is C26H40FN3O3. The largest absolute Gasteiger partial charge is 0.444 e. The molecular weight excluding hydrogens is 421 g/mol. The van der Waals surface area contributed by atoms with Crippen LogP contribution in [0.4, 0.5) is 9.18 Å². The van der Waals surface area contributed by atoms with E-state index in [1.807, 2.05) is 37.8 Å². The molecule has 2 fully saturated rings. The van der Waals surface area contributed by atoms with Crippen molar-refractivity contribution in [3.8, 4) is 0 Å². The molecule has 1 aliphatic carbocycles. The molecule has 0 radical (unpaired) electrons. The quantitative estimate of drug-likeness (QED) is 0.608. The average Bonchev–Trinajstić information content (AvgIpc) is 2.77. The van der Waals surface area contributed by atoms with E-state index in [-0.39, 0.29) is 23.9 Å². The lowest BCUT2D eigenvalue weighted by molar-refractivity contribution is -0.130. The molecule has 33 heavy (non-hydrogen) atoms. The van der Waals surface area contributed by atoms with Gasteiger partial charge in [-0.2, -0.15) is 0 Å². The van der Waals surface area contributed by atoms with Gasteiger partial charge < -0.3 is 14.5 Å². The van der Waals surface area contributed by atoms with Gasteiger partial charge in [0.15, 0.2) is 0 Å². The Bertz CT molecular complexity index is 796. The van der Waals surface area contributed by atoms with Crippen molar-refractivity contribution in [3.63, 3.8) is 0 Å². The van der Waals surface area contributed by atoms with Crippen LogP contribution in [-0.4, -0.2) is 71.6 Å². The average molecular weight is 462 g/mol. The number of benzene rings is 1. The Labute approximate surface area is 198 Å². The number of hydrogen-bond acceptors (Lipinski definition) is 4. The number of nitrogens with zero attached hydrogens (tertiary/aromatic N) is 3. The summed E-state index contributed by atoms with van der Waals surface area (Å²) in [6.45, 7) is 10.6. The van der Waals surface area contributed by atoms with E-state index in [0.717, 1.165) is 19.4 Å². The molecule has 1 unspecified atom stereocenters. The summed E-state index contributed by atoms with van der Waals surface area (Å²) in [4.78, 5) is 30.9. The summed E-state index contributed by atoms with van der Waals surface area (Å²) in [5.41, 5.74) is 0.0727. The molecule has 1 aromatic carbocycles. The van der Waals surface area contributed by atoms with Crippen LogP contribution in [0, 0.1) is 11.7 Å². The van der Waals surface area contributed by atoms with Gasteiger partial charge in [0.05, 0.1) is 6.04 Å². The molecule has 2 aliphatic rings. The van der Waals surface area contributed by atoms with Crippen molar-refractivity contribution in [2.45, 2.75) is 71.4 Å². The molecule has 1 saturated heterocycles. The van der Waals surface area contributed by atoms with Crippen molar-refractivity contribution in [1.29, 1.82) is 0 Å². The van der Waals surface area contributed by atoms with E-state index in [9.17, 15) is 14.0 Å². The number of hydrogen-bond donors (Lipinski definition) is 0. The zero-order valence-corrected chi connectivity index (χ0v) is 20.7. The van der Waals surface area contributed by atoms with Crippen LogP contribution >= 0.6 is 0 Å². The molecule has 7 heteroatoms. The third-order valence-electron chi connectivity index (χ3n) is 6.71. The summed E-state index contributed by atoms with van der Waals surface area (Å²) >= 11 is 0. The van der Waals surface area contributed by atoms with Gasteiger partial charge in [-0.3, -0.25) is 9.69 Å². The van der Waals surface area contributed by atoms with E-state index < -0.39 is 5.60 Å². The summed E-state index contributed by atoms with van der Waals surface area (Å²) in [6.07, 6.45) is 5.72. The first-order valence-electron chi connectivity index (χ1n) is 12.4. The van der Waals surface area contributed by atoms with Crippen LogP contribution in [0.1, 0.15) is 71.4 Å². The molecule has 0 aromatic heterocycles. The molecule has 1 atom stereocenters. The molecule has 0 spiro atoms. The molecule has 1 aromatic rings. The van der Waals surface area contributed by atoms with Gasteiger partial charge in [-0.15, -0.1) is 0 Å². The lowest BCUT2D eigenvalue weighted by atomic mass is 9.88. The number of ether oxygens (including phenoxy) is 1. The Morgan fingerprint density at radius 3 is 2.30 bits per heavy atom. The fourth-order valence-corrected chi connectivity index (χ4v) is 4.92. The predicted molar refractivity (Wildman–Crippen MR) is 127 cm³/mol. The highest BCUT2D eigenvalue weighted by Gasteiger charge is 2.32. The standard InChI is InChI=1S/C26H40FN3O3/c1-20(31)30(18-21-10-6-5-7-11-21)19-24(22-12-8-9-13-23(22)27)28-14-16-29(17-15-28)25(32)33-26(2,3)4/h8-9,12-13,21,24H,5-7,10-11,14-19H2,1-4H3. The lowest BCUT2D eigenvalue weighted by Gasteiger charge is -2.42. The maximum absolute atomic E-state index is 14.9. The van der Waals surface area contributed by atoms with Gasteiger partial charge >= 0.3 is 6.09 Å². The highest BCUT2D eigenvalue weighted by molar-refractivity contribution is 5.73. The molecule has 6 nitrogen and oxygen atoms in total. The van der Waals surface area contributed by atoms with Crippen molar-refractivity contribution in [3.05, 3.63) is 35.6 Å². The molecule has 1 aliphatic heterocycles. The van der Waals surface area contributed by atoms with Crippen LogP contribution in [-0.2, 0) is 9.53 Å². The van der Waals surface area contributed by atoms with Crippen LogP contribution in [0.2, 0.25) is 0 Å². The minimum Gasteiger partial charge on any atom is -0.444 e. The van der Waals surface area contributed by atoms with E-state index in [0.29, 0.717) is 44.2 Å². The van der Waals surface area contributed by atoms with Gasteiger partial charge in [-0.05, 0) is 45.6 Å². The van der Waals surface area contributed by atoms with Crippen LogP contribution < -0.4 is 0 Å². The van der Waals surface area contributed by atoms with Gasteiger partial charge in [0.1, 0.15) is 11.4 Å². The normalized spacial score (nSPS) is 19.2. The first-order valence-corrected chi connectivity index (χ1v) is 12.4. The lowest BCUT2D eigenvalue weighted by Crippen LogP contribution is -2.53. The second-order valence-electron chi connectivity index (χ2n) is 10.5. The van der Waals surface area contributed by atoms with Gasteiger partial charge in [0.2, 0.25) is 5.91 Å². The van der Waals surface area contributed by atoms with Crippen molar-refractivity contribution in [2.75, 3.05) is 39.3 Å². The van der Waals surface area contributed by atoms with Gasteiger partial charge in [-0.25, -0.2) is 9.18 Å². The molecule has 184 valence electrons. The number of piperazine rings is 1. The molecule has 1 heterocycles. The van der Waals surface area contributed by atoms with Crippen molar-refractivity contribution in [2.24, 2.45) is 5.92 Å². The zero-order chi connectivity index (χ0) is 24.0. The second-order valence-corrected chi connectivity index (χ2v) is 10.5. The summed E-state index contributed by atoms with van der Waals surface area (Å²) in [7, 11) is 0. The van der Waals surface area contributed by atoms with Crippen LogP contribution in [0.3, 0.4) is 0 Å². The fraction of sp³-hybridized carbons (Fsp3) is 0.692. The predicted octanol–water partition coefficient (Wildman–Crippen LogP) is 4.85. The van der Waals surface area contributed by atoms with E-state index in [1.165, 1.54) is 25.3 Å². The van der Waals surface area contributed by atoms with Crippen molar-refractivity contribution >= 4 is 12.0 Å². The summed E-state index contributed by atoms with van der Waals surface area (Å²) < 4.78 is 20.4. The van der Waals surface area contributed by atoms with E-state index in [4.69, 9.17) is 4.74 Å². The maximum Gasteiger partial charge on any atom is 0.410 e. The van der Waals surface area contributed by atoms with E-state index >= 15 is 0 Å². The Kier molecular flexibility index (Phi) is 8.74. The first kappa shape index (κ1) is 25.5.